The molecular weight excluding hydrogens is 264 g/mol. The van der Waals surface area contributed by atoms with Crippen molar-refractivity contribution in [3.05, 3.63) is 0 Å². The highest BCUT2D eigenvalue weighted by atomic mass is 15.3. The van der Waals surface area contributed by atoms with Crippen molar-refractivity contribution in [2.24, 2.45) is 5.92 Å². The Labute approximate surface area is 126 Å². The standard InChI is InChI=1S/C15H26N6/c16-13-18-14(17-9-8-12-6-2-3-7-12)20-15(19-13)21-10-4-1-5-11-21/h12H,1-11H2,(H3,16,17,18,19,20). The van der Waals surface area contributed by atoms with Gasteiger partial charge in [0.15, 0.2) is 0 Å². The third-order valence-electron chi connectivity index (χ3n) is 4.59. The summed E-state index contributed by atoms with van der Waals surface area (Å²) in [7, 11) is 0. The van der Waals surface area contributed by atoms with Gasteiger partial charge in [-0.3, -0.25) is 0 Å². The second kappa shape index (κ2) is 6.91. The van der Waals surface area contributed by atoms with Gasteiger partial charge in [-0.05, 0) is 31.6 Å². The van der Waals surface area contributed by atoms with Crippen molar-refractivity contribution in [2.45, 2.75) is 51.4 Å². The highest BCUT2D eigenvalue weighted by Crippen LogP contribution is 2.27. The summed E-state index contributed by atoms with van der Waals surface area (Å²) >= 11 is 0. The first-order chi connectivity index (χ1) is 10.3. The molecule has 1 aliphatic carbocycles. The molecule has 1 aliphatic heterocycles. The molecule has 0 bridgehead atoms. The number of aromatic nitrogens is 3. The molecule has 6 heteroatoms. The van der Waals surface area contributed by atoms with Crippen molar-refractivity contribution in [3.63, 3.8) is 0 Å². The number of nitrogen functional groups attached to an aromatic ring is 1. The van der Waals surface area contributed by atoms with Crippen molar-refractivity contribution >= 4 is 17.8 Å². The summed E-state index contributed by atoms with van der Waals surface area (Å²) in [5.74, 6) is 2.54. The van der Waals surface area contributed by atoms with E-state index in [0.717, 1.165) is 31.5 Å². The van der Waals surface area contributed by atoms with Gasteiger partial charge >= 0.3 is 0 Å². The summed E-state index contributed by atoms with van der Waals surface area (Å²) in [5, 5.41) is 3.32. The largest absolute Gasteiger partial charge is 0.368 e. The van der Waals surface area contributed by atoms with Gasteiger partial charge in [-0.25, -0.2) is 0 Å². The molecule has 116 valence electrons. The fourth-order valence-electron chi connectivity index (χ4n) is 3.38. The fraction of sp³-hybridized carbons (Fsp3) is 0.800. The topological polar surface area (TPSA) is 80.0 Å². The van der Waals surface area contributed by atoms with Crippen LogP contribution in [0.15, 0.2) is 0 Å². The summed E-state index contributed by atoms with van der Waals surface area (Å²) in [4.78, 5) is 15.2. The number of hydrogen-bond donors (Lipinski definition) is 2. The number of anilines is 3. The number of rotatable bonds is 5. The van der Waals surface area contributed by atoms with Crippen molar-refractivity contribution in [1.29, 1.82) is 0 Å². The predicted octanol–water partition coefficient (Wildman–Crippen LogP) is 2.44. The summed E-state index contributed by atoms with van der Waals surface area (Å²) < 4.78 is 0. The van der Waals surface area contributed by atoms with Crippen molar-refractivity contribution in [2.75, 3.05) is 35.6 Å². The van der Waals surface area contributed by atoms with E-state index in [1.54, 1.807) is 0 Å². The molecule has 1 saturated heterocycles. The minimum absolute atomic E-state index is 0.314. The molecule has 1 saturated carbocycles. The number of nitrogens with two attached hydrogens (primary N) is 1. The second-order valence-corrected chi connectivity index (χ2v) is 6.23. The zero-order valence-corrected chi connectivity index (χ0v) is 12.7. The van der Waals surface area contributed by atoms with E-state index in [9.17, 15) is 0 Å². The first-order valence-electron chi connectivity index (χ1n) is 8.31. The molecule has 1 aromatic rings. The Balaban J connectivity index is 1.57. The SMILES string of the molecule is Nc1nc(NCCC2CCCC2)nc(N2CCCCC2)n1. The van der Waals surface area contributed by atoms with Crippen molar-refractivity contribution in [1.82, 2.24) is 15.0 Å². The van der Waals surface area contributed by atoms with Crippen LogP contribution in [-0.4, -0.2) is 34.6 Å². The molecule has 3 N–H and O–H groups in total. The zero-order chi connectivity index (χ0) is 14.5. The first-order valence-corrected chi connectivity index (χ1v) is 8.31. The van der Waals surface area contributed by atoms with Gasteiger partial charge in [0.05, 0.1) is 0 Å². The molecule has 21 heavy (non-hydrogen) atoms. The van der Waals surface area contributed by atoms with Crippen molar-refractivity contribution < 1.29 is 0 Å². The Kier molecular flexibility index (Phi) is 4.72. The van der Waals surface area contributed by atoms with Crippen LogP contribution < -0.4 is 16.0 Å². The Bertz CT molecular complexity index is 451. The van der Waals surface area contributed by atoms with Gasteiger partial charge in [0.1, 0.15) is 0 Å². The molecule has 1 aromatic heterocycles. The van der Waals surface area contributed by atoms with E-state index in [4.69, 9.17) is 5.73 Å². The quantitative estimate of drug-likeness (QED) is 0.867. The van der Waals surface area contributed by atoms with Crippen LogP contribution in [0.3, 0.4) is 0 Å². The predicted molar refractivity (Wildman–Crippen MR) is 85.4 cm³/mol. The molecule has 0 unspecified atom stereocenters. The van der Waals surface area contributed by atoms with Gasteiger partial charge in [-0.1, -0.05) is 25.7 Å². The highest BCUT2D eigenvalue weighted by Gasteiger charge is 2.17. The molecule has 6 nitrogen and oxygen atoms in total. The average Bonchev–Trinajstić information content (AvgIpc) is 3.01. The molecule has 0 aromatic carbocycles. The van der Waals surface area contributed by atoms with Crippen molar-refractivity contribution in [3.8, 4) is 0 Å². The van der Waals surface area contributed by atoms with Crippen LogP contribution in [0.25, 0.3) is 0 Å². The lowest BCUT2D eigenvalue weighted by molar-refractivity contribution is 0.518. The van der Waals surface area contributed by atoms with Gasteiger partial charge < -0.3 is 16.0 Å². The maximum Gasteiger partial charge on any atom is 0.231 e. The van der Waals surface area contributed by atoms with Gasteiger partial charge in [-0.2, -0.15) is 15.0 Å². The van der Waals surface area contributed by atoms with E-state index >= 15 is 0 Å². The van der Waals surface area contributed by atoms with Crippen LogP contribution in [-0.2, 0) is 0 Å². The third-order valence-corrected chi connectivity index (χ3v) is 4.59. The van der Waals surface area contributed by atoms with Crippen LogP contribution >= 0.6 is 0 Å². The second-order valence-electron chi connectivity index (χ2n) is 6.23. The molecule has 2 aliphatic rings. The Hall–Kier alpha value is -1.59. The van der Waals surface area contributed by atoms with Gasteiger partial charge in [-0.15, -0.1) is 0 Å². The Morgan fingerprint density at radius 3 is 2.52 bits per heavy atom. The van der Waals surface area contributed by atoms with E-state index in [0.29, 0.717) is 11.9 Å². The lowest BCUT2D eigenvalue weighted by atomic mass is 10.0. The number of piperidine rings is 1. The molecular formula is C15H26N6. The highest BCUT2D eigenvalue weighted by molar-refractivity contribution is 5.42. The molecule has 0 amide bonds. The molecule has 0 spiro atoms. The summed E-state index contributed by atoms with van der Waals surface area (Å²) in [5.41, 5.74) is 5.83. The number of nitrogens with zero attached hydrogens (tertiary/aromatic N) is 4. The Morgan fingerprint density at radius 1 is 1.00 bits per heavy atom. The molecule has 3 rings (SSSR count). The van der Waals surface area contributed by atoms with E-state index in [1.807, 2.05) is 0 Å². The zero-order valence-electron chi connectivity index (χ0n) is 12.7. The van der Waals surface area contributed by atoms with Crippen LogP contribution in [0.2, 0.25) is 0 Å². The summed E-state index contributed by atoms with van der Waals surface area (Å²) in [6, 6.07) is 0. The minimum atomic E-state index is 0.314. The maximum atomic E-state index is 5.83. The lowest BCUT2D eigenvalue weighted by Crippen LogP contribution is -2.31. The van der Waals surface area contributed by atoms with E-state index in [2.05, 4.69) is 25.2 Å². The molecule has 0 atom stereocenters. The fourth-order valence-corrected chi connectivity index (χ4v) is 3.38. The van der Waals surface area contributed by atoms with E-state index < -0.39 is 0 Å². The maximum absolute atomic E-state index is 5.83. The molecule has 2 fully saturated rings. The van der Waals surface area contributed by atoms with Crippen LogP contribution in [0.1, 0.15) is 51.4 Å². The van der Waals surface area contributed by atoms with Gasteiger partial charge in [0.25, 0.3) is 0 Å². The first kappa shape index (κ1) is 14.4. The normalized spacial score (nSPS) is 19.9. The molecule has 2 heterocycles. The monoisotopic (exact) mass is 290 g/mol. The minimum Gasteiger partial charge on any atom is -0.368 e. The molecule has 0 radical (unpaired) electrons. The third kappa shape index (κ3) is 3.95. The summed E-state index contributed by atoms with van der Waals surface area (Å²) in [6.07, 6.45) is 10.4. The van der Waals surface area contributed by atoms with Crippen LogP contribution in [0.4, 0.5) is 17.8 Å². The number of nitrogens with one attached hydrogen (secondary N) is 1. The lowest BCUT2D eigenvalue weighted by Gasteiger charge is -2.26. The van der Waals surface area contributed by atoms with E-state index in [-0.39, 0.29) is 0 Å². The average molecular weight is 290 g/mol. The smallest absolute Gasteiger partial charge is 0.231 e. The van der Waals surface area contributed by atoms with Gasteiger partial charge in [0.2, 0.25) is 17.8 Å². The van der Waals surface area contributed by atoms with Gasteiger partial charge in [0, 0.05) is 19.6 Å². The van der Waals surface area contributed by atoms with Crippen LogP contribution in [0, 0.1) is 5.92 Å². The number of hydrogen-bond acceptors (Lipinski definition) is 6. The van der Waals surface area contributed by atoms with E-state index in [1.165, 1.54) is 51.4 Å². The Morgan fingerprint density at radius 2 is 1.76 bits per heavy atom. The van der Waals surface area contributed by atoms with Crippen LogP contribution in [0.5, 0.6) is 0 Å². The summed E-state index contributed by atoms with van der Waals surface area (Å²) in [6.45, 7) is 2.96.